The van der Waals surface area contributed by atoms with E-state index in [0.717, 1.165) is 62.1 Å². The molecule has 1 aliphatic carbocycles. The summed E-state index contributed by atoms with van der Waals surface area (Å²) in [7, 11) is 1.69. The van der Waals surface area contributed by atoms with Gasteiger partial charge in [-0.2, -0.15) is 0 Å². The number of rotatable bonds is 7. The summed E-state index contributed by atoms with van der Waals surface area (Å²) in [6.45, 7) is 5.79. The van der Waals surface area contributed by atoms with E-state index in [2.05, 4.69) is 22.5 Å². The van der Waals surface area contributed by atoms with Crippen molar-refractivity contribution in [2.24, 2.45) is 5.92 Å². The summed E-state index contributed by atoms with van der Waals surface area (Å²) in [5.41, 5.74) is 5.42. The number of amides is 1. The molecule has 0 spiro atoms. The minimum absolute atomic E-state index is 0.0573. The van der Waals surface area contributed by atoms with Crippen molar-refractivity contribution < 1.29 is 19.4 Å². The number of ether oxygens (including phenoxy) is 1. The number of benzene rings is 1. The Hall–Kier alpha value is -3.00. The van der Waals surface area contributed by atoms with Crippen LogP contribution in [0.1, 0.15) is 64.9 Å². The minimum atomic E-state index is -0.833. The molecule has 1 aromatic heterocycles. The van der Waals surface area contributed by atoms with Gasteiger partial charge in [-0.25, -0.2) is 9.97 Å². The Balaban J connectivity index is 0.000000751. The van der Waals surface area contributed by atoms with E-state index >= 15 is 0 Å². The third kappa shape index (κ3) is 7.25. The molecule has 1 aliphatic heterocycles. The zero-order valence-corrected chi connectivity index (χ0v) is 20.4. The molecule has 0 radical (unpaired) electrons. The van der Waals surface area contributed by atoms with Gasteiger partial charge in [0.2, 0.25) is 0 Å². The molecule has 1 amide bonds. The second kappa shape index (κ2) is 12.5. The molecule has 34 heavy (non-hydrogen) atoms. The smallest absolute Gasteiger partial charge is 0.300 e. The van der Waals surface area contributed by atoms with Gasteiger partial charge < -0.3 is 20.5 Å². The number of carboxylic acids is 1. The highest BCUT2D eigenvalue weighted by atomic mass is 16.5. The van der Waals surface area contributed by atoms with E-state index in [1.54, 1.807) is 7.11 Å². The van der Waals surface area contributed by atoms with E-state index in [4.69, 9.17) is 19.6 Å². The summed E-state index contributed by atoms with van der Waals surface area (Å²) in [4.78, 5) is 31.1. The van der Waals surface area contributed by atoms with Crippen LogP contribution in [0, 0.1) is 12.8 Å². The van der Waals surface area contributed by atoms with Crippen LogP contribution >= 0.6 is 0 Å². The van der Waals surface area contributed by atoms with E-state index in [-0.39, 0.29) is 5.91 Å². The average molecular weight is 469 g/mol. The van der Waals surface area contributed by atoms with E-state index in [9.17, 15) is 4.79 Å². The number of fused-ring (bicyclic) bond motifs is 1. The number of aliphatic carboxylic acids is 1. The highest BCUT2D eigenvalue weighted by Crippen LogP contribution is 2.25. The van der Waals surface area contributed by atoms with Gasteiger partial charge in [0, 0.05) is 36.8 Å². The number of carbonyl (C=O) groups is 2. The second-order valence-electron chi connectivity index (χ2n) is 8.97. The first-order valence-electron chi connectivity index (χ1n) is 12.1. The van der Waals surface area contributed by atoms with Crippen LogP contribution in [0.15, 0.2) is 18.2 Å². The van der Waals surface area contributed by atoms with E-state index in [1.165, 1.54) is 30.5 Å². The van der Waals surface area contributed by atoms with Crippen molar-refractivity contribution in [3.8, 4) is 5.75 Å². The predicted molar refractivity (Wildman–Crippen MR) is 130 cm³/mol. The molecule has 0 bridgehead atoms. The van der Waals surface area contributed by atoms with Crippen LogP contribution in [0.2, 0.25) is 0 Å². The predicted octanol–water partition coefficient (Wildman–Crippen LogP) is 2.89. The van der Waals surface area contributed by atoms with E-state index < -0.39 is 5.97 Å². The quantitative estimate of drug-likeness (QED) is 0.573. The van der Waals surface area contributed by atoms with Crippen LogP contribution in [-0.4, -0.2) is 53.7 Å². The van der Waals surface area contributed by atoms with Crippen molar-refractivity contribution in [2.45, 2.75) is 58.8 Å². The normalized spacial score (nSPS) is 16.7. The molecule has 1 aromatic carbocycles. The van der Waals surface area contributed by atoms with Crippen molar-refractivity contribution >= 4 is 11.9 Å². The van der Waals surface area contributed by atoms with Crippen LogP contribution in [0.5, 0.6) is 5.75 Å². The van der Waals surface area contributed by atoms with Crippen LogP contribution in [-0.2, 0) is 30.5 Å². The topological polar surface area (TPSA) is 113 Å². The monoisotopic (exact) mass is 468 g/mol. The molecule has 1 fully saturated rings. The summed E-state index contributed by atoms with van der Waals surface area (Å²) in [5.74, 6) is 1.40. The Morgan fingerprint density at radius 3 is 2.71 bits per heavy atom. The molecule has 3 N–H and O–H groups in total. The molecule has 184 valence electrons. The molecule has 8 nitrogen and oxygen atoms in total. The standard InChI is InChI=1S/C24H32N4O2.C2H4O2/c1-16-20-5-3-4-6-21(20)28-23(27-16)10-12-26-24(29)18-7-8-22(30-2)19(14-18)13-17-9-11-25-15-17;1-2(3)4/h7-8,14,17,25H,3-6,9-13,15H2,1-2H3,(H,26,29);1H3,(H,3,4). The maximum absolute atomic E-state index is 12.7. The van der Waals surface area contributed by atoms with Crippen LogP contribution in [0.25, 0.3) is 0 Å². The second-order valence-corrected chi connectivity index (χ2v) is 8.97. The lowest BCUT2D eigenvalue weighted by molar-refractivity contribution is -0.134. The van der Waals surface area contributed by atoms with Gasteiger partial charge in [-0.1, -0.05) is 0 Å². The van der Waals surface area contributed by atoms with Gasteiger partial charge in [0.1, 0.15) is 11.6 Å². The number of nitrogens with one attached hydrogen (secondary N) is 2. The first-order valence-corrected chi connectivity index (χ1v) is 12.1. The summed E-state index contributed by atoms with van der Waals surface area (Å²) in [5, 5.41) is 13.9. The van der Waals surface area contributed by atoms with Gasteiger partial charge >= 0.3 is 0 Å². The van der Waals surface area contributed by atoms with Crippen LogP contribution in [0.4, 0.5) is 0 Å². The Morgan fingerprint density at radius 1 is 1.24 bits per heavy atom. The maximum Gasteiger partial charge on any atom is 0.300 e. The van der Waals surface area contributed by atoms with Gasteiger partial charge in [-0.15, -0.1) is 0 Å². The molecule has 1 saturated heterocycles. The molecule has 1 unspecified atom stereocenters. The third-order valence-electron chi connectivity index (χ3n) is 6.28. The fourth-order valence-electron chi connectivity index (χ4n) is 4.63. The number of carboxylic acid groups (broad SMARTS) is 1. The van der Waals surface area contributed by atoms with Crippen molar-refractivity contribution in [1.29, 1.82) is 0 Å². The van der Waals surface area contributed by atoms with Crippen molar-refractivity contribution in [2.75, 3.05) is 26.7 Å². The van der Waals surface area contributed by atoms with Gasteiger partial charge in [0.05, 0.1) is 7.11 Å². The zero-order chi connectivity index (χ0) is 24.5. The lowest BCUT2D eigenvalue weighted by Crippen LogP contribution is -2.26. The van der Waals surface area contributed by atoms with Gasteiger partial charge in [0.15, 0.2) is 0 Å². The average Bonchev–Trinajstić information content (AvgIpc) is 3.32. The summed E-state index contributed by atoms with van der Waals surface area (Å²) in [6.07, 6.45) is 7.32. The molecule has 1 atom stereocenters. The number of methoxy groups -OCH3 is 1. The van der Waals surface area contributed by atoms with Crippen LogP contribution < -0.4 is 15.4 Å². The SMILES string of the molecule is CC(=O)O.COc1ccc(C(=O)NCCc2nc(C)c3c(n2)CCCC3)cc1CC1CCNC1. The highest BCUT2D eigenvalue weighted by Gasteiger charge is 2.19. The van der Waals surface area contributed by atoms with Crippen molar-refractivity contribution in [3.63, 3.8) is 0 Å². The summed E-state index contributed by atoms with van der Waals surface area (Å²) >= 11 is 0. The minimum Gasteiger partial charge on any atom is -0.496 e. The molecule has 4 rings (SSSR count). The fraction of sp³-hybridized carbons (Fsp3) is 0.538. The van der Waals surface area contributed by atoms with Crippen molar-refractivity contribution in [1.82, 2.24) is 20.6 Å². The Bertz CT molecular complexity index is 999. The molecule has 8 heteroatoms. The number of carbonyl (C=O) groups excluding carboxylic acids is 1. The lowest BCUT2D eigenvalue weighted by Gasteiger charge is -2.17. The molecular formula is C26H36N4O4. The number of aromatic nitrogens is 2. The number of hydrogen-bond acceptors (Lipinski definition) is 6. The van der Waals surface area contributed by atoms with Gasteiger partial charge in [-0.3, -0.25) is 9.59 Å². The van der Waals surface area contributed by atoms with Gasteiger partial charge in [-0.05, 0) is 93.8 Å². The Kier molecular flexibility index (Phi) is 9.39. The molecule has 2 aromatic rings. The lowest BCUT2D eigenvalue weighted by atomic mass is 9.95. The Morgan fingerprint density at radius 2 is 2.00 bits per heavy atom. The zero-order valence-electron chi connectivity index (χ0n) is 20.4. The molecular weight excluding hydrogens is 432 g/mol. The first kappa shape index (κ1) is 25.6. The number of nitrogens with zero attached hydrogens (tertiary/aromatic N) is 2. The van der Waals surface area contributed by atoms with Crippen molar-refractivity contribution in [3.05, 3.63) is 52.1 Å². The molecule has 2 aliphatic rings. The summed E-state index contributed by atoms with van der Waals surface area (Å²) in [6, 6.07) is 5.72. The van der Waals surface area contributed by atoms with E-state index in [0.29, 0.717) is 24.4 Å². The Labute approximate surface area is 201 Å². The maximum atomic E-state index is 12.7. The third-order valence-corrected chi connectivity index (χ3v) is 6.28. The number of aryl methyl sites for hydroxylation is 2. The van der Waals surface area contributed by atoms with E-state index in [1.807, 2.05) is 18.2 Å². The first-order chi connectivity index (χ1) is 16.4. The largest absolute Gasteiger partial charge is 0.496 e. The molecule has 2 heterocycles. The highest BCUT2D eigenvalue weighted by molar-refractivity contribution is 5.94. The molecule has 0 saturated carbocycles. The summed E-state index contributed by atoms with van der Waals surface area (Å²) < 4.78 is 5.52. The van der Waals surface area contributed by atoms with Gasteiger partial charge in [0.25, 0.3) is 11.9 Å². The number of hydrogen-bond donors (Lipinski definition) is 3. The van der Waals surface area contributed by atoms with Crippen LogP contribution in [0.3, 0.4) is 0 Å². The fourth-order valence-corrected chi connectivity index (χ4v) is 4.63.